The molecule has 70 valence electrons. The highest BCUT2D eigenvalue weighted by Gasteiger charge is 2.01. The standard InChI is InChI=1S/C12H12N2/c13-8-12(14)11-7-3-5-9-4-1-2-6-10(9)11/h1-8H,13-14H2. The van der Waals surface area contributed by atoms with Gasteiger partial charge >= 0.3 is 0 Å². The number of rotatable bonds is 1. The van der Waals surface area contributed by atoms with Crippen LogP contribution in [0.4, 0.5) is 0 Å². The number of hydrogen-bond acceptors (Lipinski definition) is 2. The predicted molar refractivity (Wildman–Crippen MR) is 60.3 cm³/mol. The summed E-state index contributed by atoms with van der Waals surface area (Å²) in [4.78, 5) is 0. The van der Waals surface area contributed by atoms with Gasteiger partial charge in [0.05, 0.1) is 5.70 Å². The smallest absolute Gasteiger partial charge is 0.0551 e. The van der Waals surface area contributed by atoms with E-state index in [1.807, 2.05) is 30.3 Å². The molecule has 0 aliphatic heterocycles. The summed E-state index contributed by atoms with van der Waals surface area (Å²) in [6, 6.07) is 14.1. The number of benzene rings is 2. The van der Waals surface area contributed by atoms with Crippen LogP contribution < -0.4 is 11.5 Å². The molecule has 0 amide bonds. The lowest BCUT2D eigenvalue weighted by molar-refractivity contribution is 1.49. The van der Waals surface area contributed by atoms with Crippen LogP contribution in [0, 0.1) is 0 Å². The molecule has 0 unspecified atom stereocenters. The first kappa shape index (κ1) is 8.63. The molecule has 2 aromatic carbocycles. The SMILES string of the molecule is NC=C(N)c1cccc2ccccc12. The van der Waals surface area contributed by atoms with Gasteiger partial charge in [0, 0.05) is 11.8 Å². The van der Waals surface area contributed by atoms with Crippen LogP contribution >= 0.6 is 0 Å². The highest BCUT2D eigenvalue weighted by molar-refractivity contribution is 5.93. The van der Waals surface area contributed by atoms with E-state index in [0.717, 1.165) is 10.9 Å². The zero-order valence-electron chi connectivity index (χ0n) is 7.77. The first-order valence-corrected chi connectivity index (χ1v) is 4.48. The van der Waals surface area contributed by atoms with E-state index < -0.39 is 0 Å². The Morgan fingerprint density at radius 2 is 1.71 bits per heavy atom. The monoisotopic (exact) mass is 184 g/mol. The first-order chi connectivity index (χ1) is 6.83. The van der Waals surface area contributed by atoms with E-state index in [-0.39, 0.29) is 0 Å². The van der Waals surface area contributed by atoms with Crippen LogP contribution in [0.2, 0.25) is 0 Å². The van der Waals surface area contributed by atoms with Crippen molar-refractivity contribution in [3.63, 3.8) is 0 Å². The van der Waals surface area contributed by atoms with Crippen molar-refractivity contribution >= 4 is 16.5 Å². The molecule has 2 aromatic rings. The van der Waals surface area contributed by atoms with Crippen molar-refractivity contribution in [1.29, 1.82) is 0 Å². The van der Waals surface area contributed by atoms with E-state index in [1.54, 1.807) is 0 Å². The van der Waals surface area contributed by atoms with Gasteiger partial charge in [0.1, 0.15) is 0 Å². The lowest BCUT2D eigenvalue weighted by Crippen LogP contribution is -2.00. The molecule has 0 saturated carbocycles. The molecule has 0 aliphatic rings. The summed E-state index contributed by atoms with van der Waals surface area (Å²) in [5, 5.41) is 2.31. The molecule has 14 heavy (non-hydrogen) atoms. The lowest BCUT2D eigenvalue weighted by Gasteiger charge is -2.05. The summed E-state index contributed by atoms with van der Waals surface area (Å²) in [6.07, 6.45) is 1.43. The number of hydrogen-bond donors (Lipinski definition) is 2. The van der Waals surface area contributed by atoms with Crippen LogP contribution in [0.5, 0.6) is 0 Å². The number of fused-ring (bicyclic) bond motifs is 1. The Hall–Kier alpha value is -1.96. The van der Waals surface area contributed by atoms with Crippen LogP contribution in [0.3, 0.4) is 0 Å². The third-order valence-corrected chi connectivity index (χ3v) is 2.28. The highest BCUT2D eigenvalue weighted by atomic mass is 14.6. The van der Waals surface area contributed by atoms with Gasteiger partial charge in [-0.1, -0.05) is 42.5 Å². The first-order valence-electron chi connectivity index (χ1n) is 4.48. The third kappa shape index (κ3) is 1.31. The Bertz CT molecular complexity index is 481. The van der Waals surface area contributed by atoms with Crippen molar-refractivity contribution in [3.05, 3.63) is 54.2 Å². The van der Waals surface area contributed by atoms with Crippen LogP contribution in [0.25, 0.3) is 16.5 Å². The van der Waals surface area contributed by atoms with Crippen molar-refractivity contribution in [1.82, 2.24) is 0 Å². The molecule has 0 atom stereocenters. The molecule has 0 heterocycles. The Kier molecular flexibility index (Phi) is 2.11. The molecular weight excluding hydrogens is 172 g/mol. The maximum atomic E-state index is 5.80. The molecule has 2 heteroatoms. The molecule has 0 bridgehead atoms. The lowest BCUT2D eigenvalue weighted by atomic mass is 10.0. The normalized spacial score (nSPS) is 11.9. The zero-order chi connectivity index (χ0) is 9.97. The van der Waals surface area contributed by atoms with Crippen LogP contribution in [0.1, 0.15) is 5.56 Å². The van der Waals surface area contributed by atoms with Gasteiger partial charge < -0.3 is 11.5 Å². The van der Waals surface area contributed by atoms with Crippen molar-refractivity contribution in [2.45, 2.75) is 0 Å². The third-order valence-electron chi connectivity index (χ3n) is 2.28. The van der Waals surface area contributed by atoms with Gasteiger partial charge in [-0.15, -0.1) is 0 Å². The minimum Gasteiger partial charge on any atom is -0.403 e. The van der Waals surface area contributed by atoms with E-state index >= 15 is 0 Å². The summed E-state index contributed by atoms with van der Waals surface area (Å²) >= 11 is 0. The molecule has 4 N–H and O–H groups in total. The molecule has 0 aromatic heterocycles. The molecule has 0 fully saturated rings. The van der Waals surface area contributed by atoms with Crippen LogP contribution in [-0.4, -0.2) is 0 Å². The summed E-state index contributed by atoms with van der Waals surface area (Å²) in [5.74, 6) is 0. The van der Waals surface area contributed by atoms with E-state index in [2.05, 4.69) is 12.1 Å². The summed E-state index contributed by atoms with van der Waals surface area (Å²) in [6.45, 7) is 0. The molecule has 2 nitrogen and oxygen atoms in total. The average molecular weight is 184 g/mol. The van der Waals surface area contributed by atoms with E-state index in [9.17, 15) is 0 Å². The fourth-order valence-corrected chi connectivity index (χ4v) is 1.57. The minimum absolute atomic E-state index is 0.613. The second-order valence-electron chi connectivity index (χ2n) is 3.15. The van der Waals surface area contributed by atoms with Crippen molar-refractivity contribution < 1.29 is 0 Å². The van der Waals surface area contributed by atoms with E-state index in [1.165, 1.54) is 11.6 Å². The van der Waals surface area contributed by atoms with Gasteiger partial charge in [0.25, 0.3) is 0 Å². The summed E-state index contributed by atoms with van der Waals surface area (Å²) in [5.41, 5.74) is 12.8. The van der Waals surface area contributed by atoms with Crippen molar-refractivity contribution in [2.75, 3.05) is 0 Å². The fourth-order valence-electron chi connectivity index (χ4n) is 1.57. The Morgan fingerprint density at radius 1 is 1.00 bits per heavy atom. The highest BCUT2D eigenvalue weighted by Crippen LogP contribution is 2.21. The van der Waals surface area contributed by atoms with Crippen LogP contribution in [0.15, 0.2) is 48.7 Å². The Balaban J connectivity index is 2.77. The predicted octanol–water partition coefficient (Wildman–Crippen LogP) is 2.06. The molecule has 0 saturated heterocycles. The quantitative estimate of drug-likeness (QED) is 0.712. The number of nitrogens with two attached hydrogens (primary N) is 2. The van der Waals surface area contributed by atoms with Gasteiger partial charge in [0.2, 0.25) is 0 Å². The van der Waals surface area contributed by atoms with E-state index in [0.29, 0.717) is 5.70 Å². The van der Waals surface area contributed by atoms with Gasteiger partial charge in [-0.25, -0.2) is 0 Å². The molecule has 0 spiro atoms. The largest absolute Gasteiger partial charge is 0.403 e. The van der Waals surface area contributed by atoms with Crippen molar-refractivity contribution in [2.24, 2.45) is 11.5 Å². The van der Waals surface area contributed by atoms with Crippen molar-refractivity contribution in [3.8, 4) is 0 Å². The molecule has 0 aliphatic carbocycles. The van der Waals surface area contributed by atoms with Crippen LogP contribution in [-0.2, 0) is 0 Å². The average Bonchev–Trinajstić information content (AvgIpc) is 2.27. The minimum atomic E-state index is 0.613. The van der Waals surface area contributed by atoms with Gasteiger partial charge in [0.15, 0.2) is 0 Å². The summed E-state index contributed by atoms with van der Waals surface area (Å²) < 4.78 is 0. The molecular formula is C12H12N2. The van der Waals surface area contributed by atoms with Gasteiger partial charge in [-0.2, -0.15) is 0 Å². The fraction of sp³-hybridized carbons (Fsp3) is 0. The second-order valence-corrected chi connectivity index (χ2v) is 3.15. The Morgan fingerprint density at radius 3 is 2.50 bits per heavy atom. The van der Waals surface area contributed by atoms with Gasteiger partial charge in [-0.05, 0) is 10.8 Å². The summed E-state index contributed by atoms with van der Waals surface area (Å²) in [7, 11) is 0. The molecule has 2 rings (SSSR count). The van der Waals surface area contributed by atoms with E-state index in [4.69, 9.17) is 11.5 Å². The van der Waals surface area contributed by atoms with Gasteiger partial charge in [-0.3, -0.25) is 0 Å². The topological polar surface area (TPSA) is 52.0 Å². The Labute approximate surface area is 82.8 Å². The zero-order valence-corrected chi connectivity index (χ0v) is 7.77. The second kappa shape index (κ2) is 3.42. The maximum Gasteiger partial charge on any atom is 0.0551 e. The molecule has 0 radical (unpaired) electrons. The maximum absolute atomic E-state index is 5.80.